The fourth-order valence-corrected chi connectivity index (χ4v) is 15.3. The highest BCUT2D eigenvalue weighted by Crippen LogP contribution is 2.54. The van der Waals surface area contributed by atoms with E-state index in [0.29, 0.717) is 0 Å². The molecule has 97 heavy (non-hydrogen) atoms. The van der Waals surface area contributed by atoms with Gasteiger partial charge in [0.05, 0.1) is 83.6 Å². The summed E-state index contributed by atoms with van der Waals surface area (Å²) in [6.45, 7) is -26.4. The molecule has 8 aromatic heterocycles. The lowest BCUT2D eigenvalue weighted by Gasteiger charge is -2.36. The number of fused-ring (bicyclic) bond motifs is 4. The Morgan fingerprint density at radius 3 is 0.753 bits per heavy atom. The standard InChI is InChI=1S/C45H60N20O24P4S4/c46-33-21-37(54-9-50-33)62(13-58-21)41-29(70)25(66)17(86-41)1-78-90(74,94)82-5-45(6-83-91(75,95)79-2-18-26(67)30(71)42(87-18)63-14-59-22-34(47)51-10-55-38(22)63,7-84-92(76,96)80-3-19-27(68)31(72)43(88-19)64-15-60-23-35(48)52-11-56-39(23)64)8-85-93(77,97)81-4-20-28(69)32(73)44(89-20)65-16-61-24-36(49)53-12-57-40(24)65/h9-20,25-32,41-44,66-73H,1-8H2,(H,74,94)(H,75,95)(H,76,96)(H,77,97)(H2,46,50,54)(H2,47,51,55)(H2,48,52,56)(H2,49,53,57)/t17-,18-,19-,20-,25-,26-,27-,28-,29-,30-,31-,32-,41-,42-,43-,44-,45?,90?,91?,92?,93?/m1/s1. The van der Waals surface area contributed by atoms with Gasteiger partial charge in [0.2, 0.25) is 0 Å². The minimum absolute atomic E-state index is 0.00262. The van der Waals surface area contributed by atoms with Gasteiger partial charge in [0.1, 0.15) is 121 Å². The van der Waals surface area contributed by atoms with Crippen LogP contribution in [0.4, 0.5) is 23.3 Å². The van der Waals surface area contributed by atoms with E-state index in [4.69, 9.17) is 125 Å². The summed E-state index contributed by atoms with van der Waals surface area (Å²) in [4.78, 5) is 95.8. The summed E-state index contributed by atoms with van der Waals surface area (Å²) in [6.07, 6.45) is -15.4. The van der Waals surface area contributed by atoms with Crippen LogP contribution in [0.3, 0.4) is 0 Å². The maximum atomic E-state index is 11.8. The van der Waals surface area contributed by atoms with Gasteiger partial charge in [-0.25, -0.2) is 59.8 Å². The van der Waals surface area contributed by atoms with Gasteiger partial charge < -0.3 is 138 Å². The first-order valence-corrected chi connectivity index (χ1v) is 38.6. The van der Waals surface area contributed by atoms with Crippen LogP contribution in [0.2, 0.25) is 0 Å². The molecule has 20 N–H and O–H groups in total. The highest BCUT2D eigenvalue weighted by molar-refractivity contribution is 8.08. The first kappa shape index (κ1) is 71.9. The molecular weight excluding hydrogens is 1460 g/mol. The summed E-state index contributed by atoms with van der Waals surface area (Å²) in [6, 6.07) is 0. The predicted octanol–water partition coefficient (Wildman–Crippen LogP) is -4.86. The largest absolute Gasteiger partial charge is 0.387 e. The number of aliphatic hydroxyl groups excluding tert-OH is 8. The van der Waals surface area contributed by atoms with Gasteiger partial charge >= 0.3 is 26.9 Å². The minimum atomic E-state index is -4.72. The van der Waals surface area contributed by atoms with Crippen LogP contribution in [0.15, 0.2) is 50.6 Å². The topological polar surface area (TPSA) is 632 Å². The van der Waals surface area contributed by atoms with Crippen LogP contribution in [0.1, 0.15) is 24.9 Å². The highest BCUT2D eigenvalue weighted by atomic mass is 32.5. The fraction of sp³-hybridized carbons (Fsp3) is 0.556. The summed E-state index contributed by atoms with van der Waals surface area (Å²) in [7, 11) is 0. The van der Waals surface area contributed by atoms with Gasteiger partial charge in [0.15, 0.2) is 70.8 Å². The monoisotopic (exact) mass is 1520 g/mol. The number of hydrogen-bond acceptors (Lipinski definition) is 40. The number of nitrogen functional groups attached to an aromatic ring is 4. The van der Waals surface area contributed by atoms with E-state index in [2.05, 4.69) is 59.8 Å². The number of nitrogens with zero attached hydrogens (tertiary/aromatic N) is 16. The average molecular weight is 1520 g/mol. The molecule has 0 aliphatic carbocycles. The number of rotatable bonds is 28. The van der Waals surface area contributed by atoms with Gasteiger partial charge in [-0.2, -0.15) is 0 Å². The first-order chi connectivity index (χ1) is 45.9. The van der Waals surface area contributed by atoms with E-state index in [0.717, 1.165) is 25.3 Å². The molecule has 0 radical (unpaired) electrons. The van der Waals surface area contributed by atoms with Crippen molar-refractivity contribution in [2.24, 2.45) is 5.41 Å². The Balaban J connectivity index is 0.791. The van der Waals surface area contributed by atoms with Crippen molar-refractivity contribution < 1.29 is 116 Å². The third kappa shape index (κ3) is 15.0. The third-order valence-electron chi connectivity index (χ3n) is 15.7. The molecule has 528 valence electrons. The molecule has 8 aromatic rings. The molecular formula is C45H60N20O24P4S4. The van der Waals surface area contributed by atoms with E-state index in [1.165, 1.54) is 43.6 Å². The van der Waals surface area contributed by atoms with Gasteiger partial charge in [-0.3, -0.25) is 18.3 Å². The van der Waals surface area contributed by atoms with Gasteiger partial charge in [-0.1, -0.05) is 0 Å². The molecule has 0 amide bonds. The Morgan fingerprint density at radius 2 is 0.546 bits per heavy atom. The number of aliphatic hydroxyl groups is 8. The molecule has 52 heteroatoms. The lowest BCUT2D eigenvalue weighted by molar-refractivity contribution is -0.0597. The van der Waals surface area contributed by atoms with Crippen LogP contribution in [-0.4, -0.2) is 265 Å². The van der Waals surface area contributed by atoms with Crippen molar-refractivity contribution in [2.45, 2.75) is 98.2 Å². The Morgan fingerprint density at radius 1 is 0.340 bits per heavy atom. The van der Waals surface area contributed by atoms with Crippen LogP contribution in [0, 0.1) is 5.41 Å². The SMILES string of the molecule is Nc1ncnc2c1ncn2[C@@H]1O[C@H](COP(O)(=S)OCC(COP(O)(=S)OC[C@H]2O[C@@H](n3cnc4c(N)ncnc43)[C@H](O)[C@@H]2O)(COP(O)(=S)OC[C@H]2O[C@@H](n3cnc4c(N)ncnc43)[C@H](O)[C@@H]2O)COP(O)(=S)OC[C@H]2O[C@@H](n3cnc4c(N)ncnc43)[C@H](O)[C@@H]2O)[C@@H](O)[C@H]1O. The van der Waals surface area contributed by atoms with Crippen LogP contribution < -0.4 is 22.9 Å². The number of imidazole rings is 4. The van der Waals surface area contributed by atoms with Gasteiger partial charge in [0, 0.05) is 0 Å². The van der Waals surface area contributed by atoms with Crippen molar-refractivity contribution in [1.29, 1.82) is 0 Å². The third-order valence-corrected chi connectivity index (χ3v) is 22.0. The number of hydrogen-bond donors (Lipinski definition) is 16. The highest BCUT2D eigenvalue weighted by Gasteiger charge is 2.50. The zero-order valence-electron chi connectivity index (χ0n) is 49.2. The van der Waals surface area contributed by atoms with E-state index >= 15 is 0 Å². The zero-order valence-corrected chi connectivity index (χ0v) is 56.0. The molecule has 4 aliphatic heterocycles. The molecule has 12 heterocycles. The summed E-state index contributed by atoms with van der Waals surface area (Å²) < 4.78 is 74.9. The normalized spacial score (nSPS) is 30.9. The van der Waals surface area contributed by atoms with E-state index in [1.807, 2.05) is 0 Å². The lowest BCUT2D eigenvalue weighted by Crippen LogP contribution is -2.41. The van der Waals surface area contributed by atoms with Gasteiger partial charge in [0.25, 0.3) is 0 Å². The molecule has 4 fully saturated rings. The van der Waals surface area contributed by atoms with Crippen LogP contribution in [-0.2, 0) is 102 Å². The Kier molecular flexibility index (Phi) is 21.1. The molecule has 0 saturated carbocycles. The van der Waals surface area contributed by atoms with Gasteiger partial charge in [-0.05, 0) is 47.2 Å². The van der Waals surface area contributed by atoms with E-state index < -0.39 is 183 Å². The van der Waals surface area contributed by atoms with E-state index in [9.17, 15) is 60.4 Å². The quantitative estimate of drug-likeness (QED) is 0.0205. The lowest BCUT2D eigenvalue weighted by atomic mass is 9.93. The number of anilines is 4. The van der Waals surface area contributed by atoms with Crippen LogP contribution >= 0.6 is 26.9 Å². The Bertz CT molecular complexity index is 3840. The van der Waals surface area contributed by atoms with Crippen LogP contribution in [0.5, 0.6) is 0 Å². The van der Waals surface area contributed by atoms with Crippen molar-refractivity contribution in [3.63, 3.8) is 0 Å². The second-order valence-electron chi connectivity index (χ2n) is 22.2. The molecule has 4 aliphatic rings. The fourth-order valence-electron chi connectivity index (χ4n) is 10.6. The van der Waals surface area contributed by atoms with Crippen molar-refractivity contribution in [2.75, 3.05) is 75.8 Å². The number of ether oxygens (including phenoxy) is 4. The summed E-state index contributed by atoms with van der Waals surface area (Å²) in [5.74, 6) is 0.0105. The molecule has 4 unspecified atom stereocenters. The second kappa shape index (κ2) is 28.5. The molecule has 20 atom stereocenters. The maximum Gasteiger partial charge on any atom is 0.324 e. The average Bonchev–Trinajstić information content (AvgIpc) is 1.64. The zero-order chi connectivity index (χ0) is 69.3. The molecule has 12 rings (SSSR count). The van der Waals surface area contributed by atoms with E-state index in [-0.39, 0.29) is 67.9 Å². The molecule has 0 spiro atoms. The molecule has 0 bridgehead atoms. The maximum absolute atomic E-state index is 11.8. The smallest absolute Gasteiger partial charge is 0.324 e. The number of aromatic nitrogens is 16. The first-order valence-electron chi connectivity index (χ1n) is 28.2. The molecule has 44 nitrogen and oxygen atoms in total. The summed E-state index contributed by atoms with van der Waals surface area (Å²) in [5, 5.41) is 89.3. The van der Waals surface area contributed by atoms with E-state index in [1.54, 1.807) is 0 Å². The molecule has 4 saturated heterocycles. The Hall–Kier alpha value is -4.96. The van der Waals surface area contributed by atoms with Crippen molar-refractivity contribution in [1.82, 2.24) is 78.1 Å². The summed E-state index contributed by atoms with van der Waals surface area (Å²) in [5.41, 5.74) is 22.6. The second-order valence-corrected chi connectivity index (χ2v) is 33.5. The Labute approximate surface area is 563 Å². The summed E-state index contributed by atoms with van der Waals surface area (Å²) >= 11 is 21.7. The van der Waals surface area contributed by atoms with Crippen LogP contribution in [0.25, 0.3) is 44.7 Å². The van der Waals surface area contributed by atoms with Gasteiger partial charge in [-0.15, -0.1) is 0 Å². The minimum Gasteiger partial charge on any atom is -0.387 e. The predicted molar refractivity (Wildman–Crippen MR) is 339 cm³/mol. The van der Waals surface area contributed by atoms with Crippen molar-refractivity contribution >= 4 is 142 Å². The number of nitrogens with two attached hydrogens (primary N) is 4. The molecule has 0 aromatic carbocycles. The van der Waals surface area contributed by atoms with Crippen molar-refractivity contribution in [3.8, 4) is 0 Å². The van der Waals surface area contributed by atoms with Crippen molar-refractivity contribution in [3.05, 3.63) is 50.6 Å².